The molecule has 2 aromatic carbocycles. The summed E-state index contributed by atoms with van der Waals surface area (Å²) in [4.78, 5) is 12.9. The van der Waals surface area contributed by atoms with E-state index in [-0.39, 0.29) is 10.8 Å². The molecule has 3 rings (SSSR count). The predicted octanol–water partition coefficient (Wildman–Crippen LogP) is 3.81. The lowest BCUT2D eigenvalue weighted by Gasteiger charge is -2.16. The average molecular weight is 494 g/mol. The Morgan fingerprint density at radius 3 is 2.53 bits per heavy atom. The number of hydrogen-bond acceptors (Lipinski definition) is 6. The van der Waals surface area contributed by atoms with Crippen molar-refractivity contribution in [3.8, 4) is 11.4 Å². The van der Waals surface area contributed by atoms with E-state index in [9.17, 15) is 13.2 Å². The van der Waals surface area contributed by atoms with Gasteiger partial charge in [-0.25, -0.2) is 12.7 Å². The van der Waals surface area contributed by atoms with Gasteiger partial charge in [0.1, 0.15) is 0 Å². The Morgan fingerprint density at radius 1 is 1.19 bits per heavy atom. The number of aromatic nitrogens is 3. The zero-order valence-corrected chi connectivity index (χ0v) is 20.7. The van der Waals surface area contributed by atoms with E-state index in [2.05, 4.69) is 15.5 Å². The van der Waals surface area contributed by atoms with Crippen molar-refractivity contribution >= 4 is 45.0 Å². The van der Waals surface area contributed by atoms with E-state index < -0.39 is 15.3 Å². The third-order valence-corrected chi connectivity index (χ3v) is 8.12. The molecule has 0 fully saturated rings. The predicted molar refractivity (Wildman–Crippen MR) is 127 cm³/mol. The lowest BCUT2D eigenvalue weighted by molar-refractivity contribution is -0.115. The summed E-state index contributed by atoms with van der Waals surface area (Å²) in [6, 6.07) is 12.0. The van der Waals surface area contributed by atoms with Gasteiger partial charge in [-0.3, -0.25) is 4.79 Å². The van der Waals surface area contributed by atoms with Gasteiger partial charge < -0.3 is 9.88 Å². The Balaban J connectivity index is 1.78. The Morgan fingerprint density at radius 2 is 1.88 bits per heavy atom. The van der Waals surface area contributed by atoms with Crippen LogP contribution in [0.25, 0.3) is 11.4 Å². The number of nitrogens with one attached hydrogen (secondary N) is 1. The number of carbonyl (C=O) groups excluding carboxylic acids is 1. The molecule has 1 amide bonds. The number of amides is 1. The smallest absolute Gasteiger partial charge is 0.242 e. The summed E-state index contributed by atoms with van der Waals surface area (Å²) in [7, 11) is 1.13. The van der Waals surface area contributed by atoms with Crippen molar-refractivity contribution < 1.29 is 13.2 Å². The van der Waals surface area contributed by atoms with Gasteiger partial charge in [-0.2, -0.15) is 0 Å². The molecule has 170 valence electrons. The van der Waals surface area contributed by atoms with Gasteiger partial charge in [0.2, 0.25) is 15.9 Å². The second-order valence-corrected chi connectivity index (χ2v) is 11.2. The molecule has 0 aliphatic rings. The van der Waals surface area contributed by atoms with Crippen molar-refractivity contribution in [1.82, 2.24) is 19.1 Å². The molecule has 0 saturated heterocycles. The number of nitrogens with zero attached hydrogens (tertiary/aromatic N) is 4. The monoisotopic (exact) mass is 493 g/mol. The van der Waals surface area contributed by atoms with Crippen molar-refractivity contribution in [2.24, 2.45) is 7.05 Å². The van der Waals surface area contributed by atoms with Gasteiger partial charge in [-0.15, -0.1) is 10.2 Å². The molecule has 0 aliphatic heterocycles. The van der Waals surface area contributed by atoms with E-state index in [4.69, 9.17) is 11.6 Å². The van der Waals surface area contributed by atoms with E-state index in [1.54, 1.807) is 30.5 Å². The summed E-state index contributed by atoms with van der Waals surface area (Å²) in [6.07, 6.45) is 0. The van der Waals surface area contributed by atoms with Crippen LogP contribution in [0.15, 0.2) is 52.5 Å². The van der Waals surface area contributed by atoms with Crippen molar-refractivity contribution in [3.05, 3.63) is 53.1 Å². The van der Waals surface area contributed by atoms with Crippen molar-refractivity contribution in [2.75, 3.05) is 19.4 Å². The normalized spacial score (nSPS) is 12.7. The number of anilines is 1. The van der Waals surface area contributed by atoms with Crippen LogP contribution in [0.3, 0.4) is 0 Å². The highest BCUT2D eigenvalue weighted by Crippen LogP contribution is 2.30. The molecule has 0 spiro atoms. The maximum atomic E-state index is 12.8. The molecule has 1 heterocycles. The van der Waals surface area contributed by atoms with Gasteiger partial charge in [0.15, 0.2) is 11.0 Å². The number of hydrogen-bond donors (Lipinski definition) is 1. The molecule has 0 bridgehead atoms. The zero-order chi connectivity index (χ0) is 23.6. The van der Waals surface area contributed by atoms with E-state index >= 15 is 0 Å². The van der Waals surface area contributed by atoms with Crippen LogP contribution < -0.4 is 5.32 Å². The molecule has 32 heavy (non-hydrogen) atoms. The minimum absolute atomic E-state index is 0.112. The molecule has 11 heteroatoms. The van der Waals surface area contributed by atoms with Crippen molar-refractivity contribution in [2.45, 2.75) is 29.1 Å². The first-order valence-electron chi connectivity index (χ1n) is 9.67. The number of rotatable bonds is 7. The van der Waals surface area contributed by atoms with Crippen LogP contribution in [0.5, 0.6) is 0 Å². The highest BCUT2D eigenvalue weighted by atomic mass is 35.5. The minimum atomic E-state index is -3.61. The fourth-order valence-corrected chi connectivity index (χ4v) is 4.81. The Bertz CT molecular complexity index is 1260. The Hall–Kier alpha value is -2.40. The quantitative estimate of drug-likeness (QED) is 0.502. The maximum absolute atomic E-state index is 12.8. The first-order valence-corrected chi connectivity index (χ1v) is 12.4. The zero-order valence-electron chi connectivity index (χ0n) is 18.3. The first-order chi connectivity index (χ1) is 15.0. The Kier molecular flexibility index (Phi) is 7.29. The highest BCUT2D eigenvalue weighted by molar-refractivity contribution is 8.00. The molecule has 1 aromatic heterocycles. The van der Waals surface area contributed by atoms with Crippen molar-refractivity contribution in [3.63, 3.8) is 0 Å². The summed E-state index contributed by atoms with van der Waals surface area (Å²) in [5.41, 5.74) is 1.95. The average Bonchev–Trinajstić information content (AvgIpc) is 3.09. The number of halogens is 1. The minimum Gasteiger partial charge on any atom is -0.325 e. The number of carbonyl (C=O) groups is 1. The first kappa shape index (κ1) is 24.2. The van der Waals surface area contributed by atoms with Crippen LogP contribution in [-0.2, 0) is 21.9 Å². The van der Waals surface area contributed by atoms with Crippen LogP contribution >= 0.6 is 23.4 Å². The van der Waals surface area contributed by atoms with Gasteiger partial charge in [0, 0.05) is 32.4 Å². The van der Waals surface area contributed by atoms with E-state index in [0.717, 1.165) is 15.4 Å². The summed E-state index contributed by atoms with van der Waals surface area (Å²) < 4.78 is 27.8. The third kappa shape index (κ3) is 4.98. The molecule has 8 nitrogen and oxygen atoms in total. The van der Waals surface area contributed by atoms with Crippen LogP contribution in [-0.4, -0.2) is 52.7 Å². The number of sulfonamides is 1. The lowest BCUT2D eigenvalue weighted by Crippen LogP contribution is -2.25. The summed E-state index contributed by atoms with van der Waals surface area (Å²) in [5.74, 6) is 0.322. The molecule has 0 saturated carbocycles. The molecule has 0 radical (unpaired) electrons. The molecule has 0 aliphatic carbocycles. The van der Waals surface area contributed by atoms with Crippen molar-refractivity contribution in [1.29, 1.82) is 0 Å². The molecule has 0 unspecified atom stereocenters. The summed E-state index contributed by atoms with van der Waals surface area (Å²) >= 11 is 7.51. The van der Waals surface area contributed by atoms with Crippen LogP contribution in [0, 0.1) is 6.92 Å². The van der Waals surface area contributed by atoms with E-state index in [0.29, 0.717) is 21.7 Å². The number of benzene rings is 2. The SMILES string of the molecule is Cc1ccc(S(=O)(=O)N(C)C)cc1NC(=O)[C@H](C)Sc1nnc(-c2ccccc2Cl)n1C. The summed E-state index contributed by atoms with van der Waals surface area (Å²) in [5, 5.41) is 11.9. The van der Waals surface area contributed by atoms with Gasteiger partial charge in [-0.05, 0) is 43.7 Å². The molecule has 1 N–H and O–H groups in total. The highest BCUT2D eigenvalue weighted by Gasteiger charge is 2.22. The standard InChI is InChI=1S/C21H24ClN5O3S2/c1-13-10-11-15(32(29,30)26(3)4)12-18(13)23-20(28)14(2)31-21-25-24-19(27(21)5)16-8-6-7-9-17(16)22/h6-12,14H,1-5H3,(H,23,28)/t14-/m0/s1. The molecular formula is C21H24ClN5O3S2. The van der Waals surface area contributed by atoms with Crippen LogP contribution in [0.1, 0.15) is 12.5 Å². The largest absolute Gasteiger partial charge is 0.325 e. The van der Waals surface area contributed by atoms with Crippen LogP contribution in [0.4, 0.5) is 5.69 Å². The molecule has 1 atom stereocenters. The fourth-order valence-electron chi connectivity index (χ4n) is 2.85. The van der Waals surface area contributed by atoms with Gasteiger partial charge >= 0.3 is 0 Å². The van der Waals surface area contributed by atoms with Gasteiger partial charge in [0.05, 0.1) is 15.2 Å². The second kappa shape index (κ2) is 9.62. The van der Waals surface area contributed by atoms with E-state index in [1.807, 2.05) is 25.2 Å². The molecule has 3 aromatic rings. The molecular weight excluding hydrogens is 470 g/mol. The topological polar surface area (TPSA) is 97.2 Å². The summed E-state index contributed by atoms with van der Waals surface area (Å²) in [6.45, 7) is 3.55. The Labute approximate surface area is 197 Å². The van der Waals surface area contributed by atoms with E-state index in [1.165, 1.54) is 38.0 Å². The fraction of sp³-hybridized carbons (Fsp3) is 0.286. The number of thioether (sulfide) groups is 1. The lowest BCUT2D eigenvalue weighted by atomic mass is 10.2. The third-order valence-electron chi connectivity index (χ3n) is 4.85. The van der Waals surface area contributed by atoms with Gasteiger partial charge in [0.25, 0.3) is 0 Å². The second-order valence-electron chi connectivity index (χ2n) is 7.36. The number of aryl methyl sites for hydroxylation is 1. The van der Waals surface area contributed by atoms with Crippen LogP contribution in [0.2, 0.25) is 5.02 Å². The maximum Gasteiger partial charge on any atom is 0.242 e. The van der Waals surface area contributed by atoms with Gasteiger partial charge in [-0.1, -0.05) is 41.6 Å².